The predicted octanol–water partition coefficient (Wildman–Crippen LogP) is 2.70. The molecule has 0 radical (unpaired) electrons. The summed E-state index contributed by atoms with van der Waals surface area (Å²) >= 11 is 0. The first-order valence-electron chi connectivity index (χ1n) is 6.73. The third kappa shape index (κ3) is 4.15. The van der Waals surface area contributed by atoms with Crippen molar-refractivity contribution >= 4 is 5.78 Å². The first-order chi connectivity index (χ1) is 8.77. The Morgan fingerprint density at radius 1 is 1.26 bits per heavy atom. The van der Waals surface area contributed by atoms with Crippen LogP contribution in [0.5, 0.6) is 0 Å². The summed E-state index contributed by atoms with van der Waals surface area (Å²) in [6.45, 7) is 8.45. The van der Waals surface area contributed by atoms with E-state index in [-0.39, 0.29) is 17.9 Å². The molecule has 3 heteroatoms. The Morgan fingerprint density at radius 3 is 2.21 bits per heavy atom. The molecule has 0 atom stereocenters. The van der Waals surface area contributed by atoms with Crippen LogP contribution in [0.3, 0.4) is 0 Å². The zero-order valence-corrected chi connectivity index (χ0v) is 12.6. The topological polar surface area (TPSA) is 40.5 Å². The summed E-state index contributed by atoms with van der Waals surface area (Å²) in [5.41, 5.74) is 1.58. The van der Waals surface area contributed by atoms with E-state index in [1.807, 2.05) is 50.1 Å². The zero-order valence-electron chi connectivity index (χ0n) is 12.6. The van der Waals surface area contributed by atoms with Crippen LogP contribution in [0.15, 0.2) is 24.3 Å². The minimum absolute atomic E-state index is 0.0308. The average Bonchev–Trinajstić information content (AvgIpc) is 2.38. The lowest BCUT2D eigenvalue weighted by atomic mass is 9.99. The number of aliphatic hydroxyl groups excluding tert-OH is 1. The van der Waals surface area contributed by atoms with Crippen molar-refractivity contribution in [1.29, 1.82) is 0 Å². The molecule has 1 rings (SSSR count). The smallest absolute Gasteiger partial charge is 0.176 e. The zero-order chi connectivity index (χ0) is 14.6. The molecule has 0 spiro atoms. The van der Waals surface area contributed by atoms with Gasteiger partial charge in [-0.3, -0.25) is 9.69 Å². The molecule has 106 valence electrons. The summed E-state index contributed by atoms with van der Waals surface area (Å²) in [7, 11) is 1.86. The number of hydrogen-bond acceptors (Lipinski definition) is 3. The molecule has 0 bridgehead atoms. The molecule has 19 heavy (non-hydrogen) atoms. The molecule has 0 aliphatic heterocycles. The molecule has 0 aromatic heterocycles. The van der Waals surface area contributed by atoms with Crippen LogP contribution in [-0.4, -0.2) is 41.5 Å². The summed E-state index contributed by atoms with van der Waals surface area (Å²) < 4.78 is 0. The number of nitrogens with zero attached hydrogens (tertiary/aromatic N) is 1. The van der Waals surface area contributed by atoms with Crippen LogP contribution in [0.4, 0.5) is 0 Å². The lowest BCUT2D eigenvalue weighted by Crippen LogP contribution is -2.46. The van der Waals surface area contributed by atoms with Crippen molar-refractivity contribution in [3.63, 3.8) is 0 Å². The largest absolute Gasteiger partial charge is 0.394 e. The fourth-order valence-corrected chi connectivity index (χ4v) is 1.70. The number of Topliss-reactive ketones (excluding diaryl/α,β-unsaturated/α-hetero) is 1. The van der Waals surface area contributed by atoms with Gasteiger partial charge in [0.05, 0.1) is 13.2 Å². The quantitative estimate of drug-likeness (QED) is 0.802. The molecule has 0 aliphatic rings. The maximum absolute atomic E-state index is 12.2. The number of carbonyl (C=O) groups is 1. The number of ketones is 1. The van der Waals surface area contributed by atoms with E-state index in [2.05, 4.69) is 13.8 Å². The number of benzene rings is 1. The van der Waals surface area contributed by atoms with Gasteiger partial charge in [-0.25, -0.2) is 0 Å². The Labute approximate surface area is 116 Å². The van der Waals surface area contributed by atoms with Crippen LogP contribution < -0.4 is 0 Å². The molecule has 0 unspecified atom stereocenters. The molecule has 3 nitrogen and oxygen atoms in total. The van der Waals surface area contributed by atoms with Crippen molar-refractivity contribution in [2.24, 2.45) is 0 Å². The van der Waals surface area contributed by atoms with Gasteiger partial charge in [0.2, 0.25) is 0 Å². The molecule has 0 saturated carbocycles. The second kappa shape index (κ2) is 6.31. The number of hydrogen-bond donors (Lipinski definition) is 1. The van der Waals surface area contributed by atoms with Gasteiger partial charge in [0.1, 0.15) is 0 Å². The molecule has 0 saturated heterocycles. The van der Waals surface area contributed by atoms with Crippen molar-refractivity contribution in [3.05, 3.63) is 35.4 Å². The van der Waals surface area contributed by atoms with E-state index < -0.39 is 0 Å². The van der Waals surface area contributed by atoms with Crippen LogP contribution in [0.2, 0.25) is 0 Å². The second-order valence-corrected chi connectivity index (χ2v) is 6.03. The highest BCUT2D eigenvalue weighted by molar-refractivity contribution is 5.97. The Morgan fingerprint density at radius 2 is 1.79 bits per heavy atom. The highest BCUT2D eigenvalue weighted by Gasteiger charge is 2.24. The molecule has 0 aliphatic carbocycles. The van der Waals surface area contributed by atoms with Gasteiger partial charge in [-0.2, -0.15) is 0 Å². The van der Waals surface area contributed by atoms with Gasteiger partial charge >= 0.3 is 0 Å². The highest BCUT2D eigenvalue weighted by Crippen LogP contribution is 2.16. The molecule has 0 fully saturated rings. The molecule has 1 aromatic carbocycles. The Kier molecular flexibility index (Phi) is 5.27. The second-order valence-electron chi connectivity index (χ2n) is 6.03. The fraction of sp³-hybridized carbons (Fsp3) is 0.562. The SMILES string of the molecule is CC(C)c1ccc(C(=O)CN(C)C(C)(C)CO)cc1. The number of likely N-dealkylation sites (N-methyl/N-ethyl adjacent to an activating group) is 1. The minimum Gasteiger partial charge on any atom is -0.394 e. The fourth-order valence-electron chi connectivity index (χ4n) is 1.70. The van der Waals surface area contributed by atoms with Crippen molar-refractivity contribution in [1.82, 2.24) is 4.90 Å². The van der Waals surface area contributed by atoms with E-state index >= 15 is 0 Å². The van der Waals surface area contributed by atoms with Gasteiger partial charge in [0.25, 0.3) is 0 Å². The van der Waals surface area contributed by atoms with Crippen LogP contribution in [-0.2, 0) is 0 Å². The predicted molar refractivity (Wildman–Crippen MR) is 78.7 cm³/mol. The van der Waals surface area contributed by atoms with Gasteiger partial charge in [0.15, 0.2) is 5.78 Å². The molecule has 0 amide bonds. The van der Waals surface area contributed by atoms with E-state index in [4.69, 9.17) is 0 Å². The molecular weight excluding hydrogens is 238 g/mol. The number of carbonyl (C=O) groups excluding carboxylic acids is 1. The van der Waals surface area contributed by atoms with E-state index in [1.165, 1.54) is 5.56 Å². The van der Waals surface area contributed by atoms with E-state index in [9.17, 15) is 9.90 Å². The van der Waals surface area contributed by atoms with Crippen LogP contribution in [0.1, 0.15) is 49.5 Å². The van der Waals surface area contributed by atoms with Gasteiger partial charge in [-0.15, -0.1) is 0 Å². The highest BCUT2D eigenvalue weighted by atomic mass is 16.3. The summed E-state index contributed by atoms with van der Waals surface area (Å²) in [6, 6.07) is 7.79. The third-order valence-electron chi connectivity index (χ3n) is 3.70. The third-order valence-corrected chi connectivity index (χ3v) is 3.70. The summed E-state index contributed by atoms with van der Waals surface area (Å²) in [6.07, 6.45) is 0. The molecule has 1 aromatic rings. The lowest BCUT2D eigenvalue weighted by molar-refractivity contribution is 0.0659. The summed E-state index contributed by atoms with van der Waals surface area (Å²) in [5.74, 6) is 0.555. The van der Waals surface area contributed by atoms with Crippen molar-refractivity contribution in [2.75, 3.05) is 20.2 Å². The summed E-state index contributed by atoms with van der Waals surface area (Å²) in [4.78, 5) is 14.1. The van der Waals surface area contributed by atoms with Crippen LogP contribution >= 0.6 is 0 Å². The van der Waals surface area contributed by atoms with Crippen LogP contribution in [0, 0.1) is 0 Å². The lowest BCUT2D eigenvalue weighted by Gasteiger charge is -2.33. The maximum Gasteiger partial charge on any atom is 0.176 e. The van der Waals surface area contributed by atoms with Gasteiger partial charge in [-0.1, -0.05) is 38.1 Å². The van der Waals surface area contributed by atoms with Crippen LogP contribution in [0.25, 0.3) is 0 Å². The van der Waals surface area contributed by atoms with Gasteiger partial charge in [0, 0.05) is 11.1 Å². The van der Waals surface area contributed by atoms with Gasteiger partial charge in [-0.05, 0) is 32.4 Å². The molecule has 0 heterocycles. The Bertz CT molecular complexity index is 421. The molecule has 1 N–H and O–H groups in total. The van der Waals surface area contributed by atoms with E-state index in [1.54, 1.807) is 0 Å². The number of rotatable bonds is 6. The standard InChI is InChI=1S/C16H25NO2/c1-12(2)13-6-8-14(9-7-13)15(19)10-17(5)16(3,4)11-18/h6-9,12,18H,10-11H2,1-5H3. The van der Waals surface area contributed by atoms with Crippen molar-refractivity contribution in [3.8, 4) is 0 Å². The average molecular weight is 263 g/mol. The maximum atomic E-state index is 12.2. The van der Waals surface area contributed by atoms with Gasteiger partial charge < -0.3 is 5.11 Å². The Hall–Kier alpha value is -1.19. The van der Waals surface area contributed by atoms with E-state index in [0.717, 1.165) is 5.56 Å². The molecular formula is C16H25NO2. The first-order valence-corrected chi connectivity index (χ1v) is 6.73. The van der Waals surface area contributed by atoms with Crippen molar-refractivity contribution < 1.29 is 9.90 Å². The van der Waals surface area contributed by atoms with E-state index in [0.29, 0.717) is 12.5 Å². The summed E-state index contributed by atoms with van der Waals surface area (Å²) in [5, 5.41) is 9.29. The monoisotopic (exact) mass is 263 g/mol. The Balaban J connectivity index is 2.73. The number of aliphatic hydroxyl groups is 1. The normalized spacial score (nSPS) is 12.2. The minimum atomic E-state index is -0.381. The first kappa shape index (κ1) is 15.9. The van der Waals surface area contributed by atoms with Crippen molar-refractivity contribution in [2.45, 2.75) is 39.2 Å².